The molecular formula is C19H16N6O3. The predicted molar refractivity (Wildman–Crippen MR) is 99.5 cm³/mol. The van der Waals surface area contributed by atoms with Crippen molar-refractivity contribution in [3.05, 3.63) is 59.6 Å². The third-order valence-corrected chi connectivity index (χ3v) is 4.75. The average molecular weight is 376 g/mol. The summed E-state index contributed by atoms with van der Waals surface area (Å²) in [7, 11) is 0. The van der Waals surface area contributed by atoms with Gasteiger partial charge in [0.15, 0.2) is 17.3 Å². The van der Waals surface area contributed by atoms with Gasteiger partial charge in [-0.25, -0.2) is 4.68 Å². The number of benzene rings is 1. The van der Waals surface area contributed by atoms with E-state index in [4.69, 9.17) is 15.2 Å². The second kappa shape index (κ2) is 6.08. The molecule has 2 aliphatic rings. The Morgan fingerprint density at radius 2 is 2.14 bits per heavy atom. The van der Waals surface area contributed by atoms with E-state index in [9.17, 15) is 4.79 Å². The summed E-state index contributed by atoms with van der Waals surface area (Å²) in [5.41, 5.74) is 8.32. The fourth-order valence-corrected chi connectivity index (χ4v) is 3.48. The number of amides is 1. The van der Waals surface area contributed by atoms with E-state index < -0.39 is 11.9 Å². The Bertz CT molecular complexity index is 1120. The Balaban J connectivity index is 1.67. The molecule has 0 radical (unpaired) electrons. The van der Waals surface area contributed by atoms with Crippen molar-refractivity contribution in [3.8, 4) is 22.9 Å². The molecule has 3 aromatic rings. The highest BCUT2D eigenvalue weighted by Gasteiger charge is 2.34. The van der Waals surface area contributed by atoms with Crippen molar-refractivity contribution < 1.29 is 14.3 Å². The minimum Gasteiger partial charge on any atom is -0.454 e. The number of ether oxygens (including phenoxy) is 2. The van der Waals surface area contributed by atoms with Crippen molar-refractivity contribution in [2.24, 2.45) is 5.73 Å². The lowest BCUT2D eigenvalue weighted by atomic mass is 9.95. The number of rotatable bonds is 3. The van der Waals surface area contributed by atoms with Gasteiger partial charge in [-0.3, -0.25) is 9.78 Å². The normalized spacial score (nSPS) is 17.2. The van der Waals surface area contributed by atoms with Crippen LogP contribution < -0.4 is 20.5 Å². The highest BCUT2D eigenvalue weighted by molar-refractivity contribution is 5.95. The van der Waals surface area contributed by atoms with Crippen LogP contribution in [0.3, 0.4) is 0 Å². The average Bonchev–Trinajstić information content (AvgIpc) is 3.33. The summed E-state index contributed by atoms with van der Waals surface area (Å²) in [6.45, 7) is 1.96. The molecule has 3 N–H and O–H groups in total. The number of nitrogens with zero attached hydrogens (tertiary/aromatic N) is 4. The van der Waals surface area contributed by atoms with Crippen molar-refractivity contribution in [2.75, 3.05) is 12.1 Å². The van der Waals surface area contributed by atoms with Crippen LogP contribution in [0.1, 0.15) is 18.5 Å². The molecule has 1 amide bonds. The molecule has 0 saturated heterocycles. The molecule has 0 aliphatic carbocycles. The van der Waals surface area contributed by atoms with Crippen LogP contribution in [-0.4, -0.2) is 32.4 Å². The Labute approximate surface area is 159 Å². The number of primary amides is 1. The van der Waals surface area contributed by atoms with Crippen LogP contribution in [0.25, 0.3) is 11.4 Å². The van der Waals surface area contributed by atoms with Crippen molar-refractivity contribution in [3.63, 3.8) is 0 Å². The Morgan fingerprint density at radius 3 is 2.93 bits per heavy atom. The third kappa shape index (κ3) is 2.48. The second-order valence-corrected chi connectivity index (χ2v) is 6.49. The fourth-order valence-electron chi connectivity index (χ4n) is 3.48. The van der Waals surface area contributed by atoms with Gasteiger partial charge in [-0.15, -0.1) is 5.10 Å². The van der Waals surface area contributed by atoms with Crippen LogP contribution in [0.2, 0.25) is 0 Å². The van der Waals surface area contributed by atoms with Crippen LogP contribution >= 0.6 is 0 Å². The van der Waals surface area contributed by atoms with Gasteiger partial charge >= 0.3 is 0 Å². The molecule has 5 rings (SSSR count). The zero-order valence-corrected chi connectivity index (χ0v) is 14.9. The molecule has 0 spiro atoms. The largest absolute Gasteiger partial charge is 0.454 e. The van der Waals surface area contributed by atoms with E-state index in [1.54, 1.807) is 24.0 Å². The summed E-state index contributed by atoms with van der Waals surface area (Å²) in [6, 6.07) is 8.67. The second-order valence-electron chi connectivity index (χ2n) is 6.49. The van der Waals surface area contributed by atoms with Gasteiger partial charge < -0.3 is 20.5 Å². The van der Waals surface area contributed by atoms with E-state index in [0.717, 1.165) is 11.1 Å². The quantitative estimate of drug-likeness (QED) is 0.716. The standard InChI is InChI=1S/C19H16N6O3/c1-10-15(17(20)26)16(11-4-5-13-14(7-11)28-9-27-13)25-19(22-10)23-18(24-25)12-3-2-6-21-8-12/h2-8,16H,9H2,1H3,(H2,20,26)(H,22,23,24). The number of hydrogen-bond donors (Lipinski definition) is 2. The Kier molecular flexibility index (Phi) is 3.54. The van der Waals surface area contributed by atoms with E-state index in [2.05, 4.69) is 20.4 Å². The molecule has 2 aliphatic heterocycles. The molecule has 0 fully saturated rings. The Morgan fingerprint density at radius 1 is 1.29 bits per heavy atom. The first-order valence-electron chi connectivity index (χ1n) is 8.66. The molecule has 1 unspecified atom stereocenters. The number of hydrogen-bond acceptors (Lipinski definition) is 7. The first-order chi connectivity index (χ1) is 13.6. The molecule has 1 aromatic carbocycles. The SMILES string of the molecule is CC1=C(C(N)=O)C(c2ccc3c(c2)OCO3)n2nc(-c3cccnc3)nc2N1. The minimum atomic E-state index is -0.541. The summed E-state index contributed by atoms with van der Waals surface area (Å²) in [5, 5.41) is 7.75. The maximum Gasteiger partial charge on any atom is 0.248 e. The van der Waals surface area contributed by atoms with E-state index in [1.807, 2.05) is 30.3 Å². The molecule has 28 heavy (non-hydrogen) atoms. The Hall–Kier alpha value is -3.88. The molecule has 140 valence electrons. The topological polar surface area (TPSA) is 117 Å². The van der Waals surface area contributed by atoms with Crippen molar-refractivity contribution >= 4 is 11.9 Å². The number of anilines is 1. The zero-order chi connectivity index (χ0) is 19.3. The lowest BCUT2D eigenvalue weighted by Crippen LogP contribution is -2.31. The summed E-state index contributed by atoms with van der Waals surface area (Å²) in [5.74, 6) is 1.76. The van der Waals surface area contributed by atoms with Gasteiger partial charge in [-0.1, -0.05) is 6.07 Å². The van der Waals surface area contributed by atoms with Crippen LogP contribution in [0.15, 0.2) is 54.0 Å². The maximum absolute atomic E-state index is 12.3. The number of allylic oxidation sites excluding steroid dienone is 1. The molecule has 0 bridgehead atoms. The number of carbonyl (C=O) groups excluding carboxylic acids is 1. The lowest BCUT2D eigenvalue weighted by Gasteiger charge is -2.27. The highest BCUT2D eigenvalue weighted by atomic mass is 16.7. The number of fused-ring (bicyclic) bond motifs is 2. The van der Waals surface area contributed by atoms with Crippen LogP contribution in [0.5, 0.6) is 11.5 Å². The van der Waals surface area contributed by atoms with Crippen LogP contribution in [0.4, 0.5) is 5.95 Å². The van der Waals surface area contributed by atoms with Gasteiger partial charge in [-0.05, 0) is 36.8 Å². The molecule has 4 heterocycles. The first kappa shape index (κ1) is 16.3. The highest BCUT2D eigenvalue weighted by Crippen LogP contribution is 2.40. The van der Waals surface area contributed by atoms with E-state index in [-0.39, 0.29) is 6.79 Å². The number of aromatic nitrogens is 4. The summed E-state index contributed by atoms with van der Waals surface area (Å²) in [4.78, 5) is 21.0. The number of pyridine rings is 1. The van der Waals surface area contributed by atoms with E-state index in [1.165, 1.54) is 0 Å². The first-order valence-corrected chi connectivity index (χ1v) is 8.66. The zero-order valence-electron chi connectivity index (χ0n) is 14.9. The summed E-state index contributed by atoms with van der Waals surface area (Å²) in [6.07, 6.45) is 3.37. The molecule has 2 aromatic heterocycles. The van der Waals surface area contributed by atoms with E-state index in [0.29, 0.717) is 34.5 Å². The third-order valence-electron chi connectivity index (χ3n) is 4.75. The maximum atomic E-state index is 12.3. The summed E-state index contributed by atoms with van der Waals surface area (Å²) >= 11 is 0. The number of nitrogens with two attached hydrogens (primary N) is 1. The molecule has 0 saturated carbocycles. The van der Waals surface area contributed by atoms with Gasteiger partial charge in [0, 0.05) is 23.7 Å². The van der Waals surface area contributed by atoms with Gasteiger partial charge in [0.1, 0.15) is 6.04 Å². The van der Waals surface area contributed by atoms with E-state index >= 15 is 0 Å². The minimum absolute atomic E-state index is 0.169. The van der Waals surface area contributed by atoms with Gasteiger partial charge in [0.25, 0.3) is 0 Å². The molecule has 9 heteroatoms. The predicted octanol–water partition coefficient (Wildman–Crippen LogP) is 1.84. The monoisotopic (exact) mass is 376 g/mol. The van der Waals surface area contributed by atoms with Gasteiger partial charge in [0.2, 0.25) is 18.6 Å². The molecule has 9 nitrogen and oxygen atoms in total. The van der Waals surface area contributed by atoms with Crippen molar-refractivity contribution in [1.29, 1.82) is 0 Å². The van der Waals surface area contributed by atoms with Crippen LogP contribution in [0, 0.1) is 0 Å². The fraction of sp³-hybridized carbons (Fsp3) is 0.158. The van der Waals surface area contributed by atoms with Gasteiger partial charge in [-0.2, -0.15) is 4.98 Å². The van der Waals surface area contributed by atoms with Crippen molar-refractivity contribution in [1.82, 2.24) is 19.7 Å². The lowest BCUT2D eigenvalue weighted by molar-refractivity contribution is -0.115. The molecule has 1 atom stereocenters. The molecular weight excluding hydrogens is 360 g/mol. The van der Waals surface area contributed by atoms with Gasteiger partial charge in [0.05, 0.1) is 5.57 Å². The number of carbonyl (C=O) groups is 1. The smallest absolute Gasteiger partial charge is 0.248 e. The number of nitrogens with one attached hydrogen (secondary N) is 1. The summed E-state index contributed by atoms with van der Waals surface area (Å²) < 4.78 is 12.5. The van der Waals surface area contributed by atoms with Crippen LogP contribution in [-0.2, 0) is 4.79 Å². The van der Waals surface area contributed by atoms with Crippen molar-refractivity contribution in [2.45, 2.75) is 13.0 Å².